The molecule has 0 spiro atoms. The molecule has 0 aliphatic heterocycles. The molecule has 0 saturated heterocycles. The van der Waals surface area contributed by atoms with E-state index in [0.29, 0.717) is 6.54 Å². The average molecular weight is 285 g/mol. The first-order chi connectivity index (χ1) is 8.41. The molecule has 0 aromatic rings. The fourth-order valence-corrected chi connectivity index (χ4v) is 0.979. The van der Waals surface area contributed by atoms with Crippen LogP contribution in [0.3, 0.4) is 0 Å². The molecule has 0 radical (unpaired) electrons. The lowest BCUT2D eigenvalue weighted by atomic mass is 10.4. The maximum atomic E-state index is 10.3. The summed E-state index contributed by atoms with van der Waals surface area (Å²) in [6.45, 7) is 6.87. The summed E-state index contributed by atoms with van der Waals surface area (Å²) in [5.74, 6) is 0. The van der Waals surface area contributed by atoms with Crippen molar-refractivity contribution in [2.45, 2.75) is 6.10 Å². The minimum absolute atomic E-state index is 0.0789. The van der Waals surface area contributed by atoms with Crippen LogP contribution in [0.1, 0.15) is 0 Å². The summed E-state index contributed by atoms with van der Waals surface area (Å²) in [5, 5.41) is 7.75. The first-order valence-corrected chi connectivity index (χ1v) is 6.44. The predicted molar refractivity (Wildman–Crippen MR) is 65.4 cm³/mol. The van der Waals surface area contributed by atoms with E-state index in [1.165, 1.54) is 6.26 Å². The van der Waals surface area contributed by atoms with E-state index in [0.717, 1.165) is 6.26 Å². The summed E-state index contributed by atoms with van der Waals surface area (Å²) in [6.07, 6.45) is 1.70. The van der Waals surface area contributed by atoms with Crippen molar-refractivity contribution in [1.82, 2.24) is 0 Å². The lowest BCUT2D eigenvalue weighted by Crippen LogP contribution is -2.22. The number of aliphatic hydroxyl groups excluding tert-OH is 1. The molecule has 0 rings (SSSR count). The summed E-state index contributed by atoms with van der Waals surface area (Å²) in [6, 6.07) is 0. The predicted octanol–water partition coefficient (Wildman–Crippen LogP) is -0.278. The number of rotatable bonds is 9. The van der Waals surface area contributed by atoms with Crippen molar-refractivity contribution < 1.29 is 33.5 Å². The Morgan fingerprint density at radius 1 is 1.28 bits per heavy atom. The number of phosphoric ester groups is 1. The van der Waals surface area contributed by atoms with Crippen molar-refractivity contribution in [1.29, 1.82) is 0 Å². The van der Waals surface area contributed by atoms with E-state index in [-0.39, 0.29) is 19.8 Å². The van der Waals surface area contributed by atoms with E-state index in [4.69, 9.17) is 30.1 Å². The van der Waals surface area contributed by atoms with E-state index < -0.39 is 13.9 Å². The minimum atomic E-state index is -4.47. The lowest BCUT2D eigenvalue weighted by molar-refractivity contribution is 0.0254. The van der Waals surface area contributed by atoms with Crippen LogP contribution in [0.15, 0.2) is 25.7 Å². The van der Waals surface area contributed by atoms with Crippen LogP contribution in [0.4, 0.5) is 0 Å². The second kappa shape index (κ2) is 12.6. The smallest absolute Gasteiger partial charge is 0.469 e. The Kier molecular flexibility index (Phi) is 13.6. The monoisotopic (exact) mass is 285 g/mol. The molecule has 0 aliphatic rings. The highest BCUT2D eigenvalue weighted by molar-refractivity contribution is 7.46. The molecule has 0 amide bonds. The third kappa shape index (κ3) is 17.5. The number of hydrogen-bond donors (Lipinski definition) is 4. The van der Waals surface area contributed by atoms with Crippen molar-refractivity contribution in [3.8, 4) is 0 Å². The van der Waals surface area contributed by atoms with Gasteiger partial charge in [0, 0.05) is 6.54 Å². The Morgan fingerprint density at radius 2 is 1.83 bits per heavy atom. The number of hydrogen-bond acceptors (Lipinski definition) is 6. The zero-order valence-corrected chi connectivity index (χ0v) is 10.9. The molecule has 1 atom stereocenters. The zero-order valence-electron chi connectivity index (χ0n) is 9.97. The summed E-state index contributed by atoms with van der Waals surface area (Å²) < 4.78 is 24.2. The third-order valence-electron chi connectivity index (χ3n) is 1.25. The van der Waals surface area contributed by atoms with Gasteiger partial charge in [0.1, 0.15) is 6.61 Å². The van der Waals surface area contributed by atoms with Crippen LogP contribution >= 0.6 is 7.82 Å². The van der Waals surface area contributed by atoms with Gasteiger partial charge in [-0.3, -0.25) is 4.52 Å². The first kappa shape index (κ1) is 19.4. The zero-order chi connectivity index (χ0) is 14.4. The number of ether oxygens (including phenoxy) is 2. The van der Waals surface area contributed by atoms with Gasteiger partial charge in [-0.05, 0) is 0 Å². The quantitative estimate of drug-likeness (QED) is 0.336. The van der Waals surface area contributed by atoms with E-state index >= 15 is 0 Å². The van der Waals surface area contributed by atoms with E-state index in [2.05, 4.69) is 17.7 Å². The van der Waals surface area contributed by atoms with Gasteiger partial charge in [-0.2, -0.15) is 0 Å². The Bertz CT molecular complexity index is 253. The van der Waals surface area contributed by atoms with Crippen LogP contribution in [0.2, 0.25) is 0 Å². The fraction of sp³-hybridized carbons (Fsp3) is 0.556. The molecule has 0 fully saturated rings. The fourth-order valence-electron chi connectivity index (χ4n) is 0.618. The topological polar surface area (TPSA) is 131 Å². The molecule has 0 bridgehead atoms. The van der Waals surface area contributed by atoms with Gasteiger partial charge in [0.15, 0.2) is 6.10 Å². The van der Waals surface area contributed by atoms with Gasteiger partial charge in [-0.1, -0.05) is 13.2 Å². The minimum Gasteiger partial charge on any atom is -0.498 e. The highest BCUT2D eigenvalue weighted by Crippen LogP contribution is 2.35. The summed E-state index contributed by atoms with van der Waals surface area (Å²) in [7, 11) is -4.47. The maximum absolute atomic E-state index is 10.3. The first-order valence-electron chi connectivity index (χ1n) is 4.91. The normalized spacial score (nSPS) is 11.8. The molecule has 0 aromatic carbocycles. The van der Waals surface area contributed by atoms with Gasteiger partial charge in [-0.25, -0.2) is 4.57 Å². The molecule has 1 unspecified atom stereocenters. The van der Waals surface area contributed by atoms with Crippen molar-refractivity contribution in [3.05, 3.63) is 25.7 Å². The standard InChI is InChI=1S/C7H13O6P.C2H7NO/c1-3-11-5-7(12-4-2)6-13-14(8,9)10;3-1-2-4/h3-4,7H,1-2,5-6H2,(H2,8,9,10);4H,1-3H2. The van der Waals surface area contributed by atoms with Gasteiger partial charge in [0.25, 0.3) is 0 Å². The van der Waals surface area contributed by atoms with Crippen molar-refractivity contribution >= 4 is 7.82 Å². The largest absolute Gasteiger partial charge is 0.498 e. The molecule has 9 heteroatoms. The lowest BCUT2D eigenvalue weighted by Gasteiger charge is -2.15. The highest BCUT2D eigenvalue weighted by atomic mass is 31.2. The molecule has 0 heterocycles. The Labute approximate surface area is 106 Å². The Balaban J connectivity index is 0. The SMILES string of the molecule is C=COCC(COP(=O)(O)O)OC=C.NCCO. The van der Waals surface area contributed by atoms with Crippen molar-refractivity contribution in [3.63, 3.8) is 0 Å². The molecule has 18 heavy (non-hydrogen) atoms. The summed E-state index contributed by atoms with van der Waals surface area (Å²) >= 11 is 0. The Hall–Kier alpha value is -0.890. The van der Waals surface area contributed by atoms with E-state index in [1.54, 1.807) is 0 Å². The molecular weight excluding hydrogens is 265 g/mol. The second-order valence-corrected chi connectivity index (χ2v) is 3.96. The van der Waals surface area contributed by atoms with Gasteiger partial charge in [-0.15, -0.1) is 0 Å². The van der Waals surface area contributed by atoms with E-state index in [1.807, 2.05) is 0 Å². The van der Waals surface area contributed by atoms with E-state index in [9.17, 15) is 4.57 Å². The molecular formula is C9H20NO7P. The van der Waals surface area contributed by atoms with Crippen molar-refractivity contribution in [2.75, 3.05) is 26.4 Å². The molecule has 0 aliphatic carbocycles. The van der Waals surface area contributed by atoms with Gasteiger partial charge < -0.3 is 30.1 Å². The van der Waals surface area contributed by atoms with Crippen molar-refractivity contribution in [2.24, 2.45) is 5.73 Å². The number of phosphoric acid groups is 1. The van der Waals surface area contributed by atoms with Crippen LogP contribution < -0.4 is 5.73 Å². The Morgan fingerprint density at radius 3 is 2.17 bits per heavy atom. The maximum Gasteiger partial charge on any atom is 0.469 e. The van der Waals surface area contributed by atoms with Gasteiger partial charge >= 0.3 is 7.82 Å². The molecule has 0 aromatic heterocycles. The summed E-state index contributed by atoms with van der Waals surface area (Å²) in [4.78, 5) is 16.8. The second-order valence-electron chi connectivity index (χ2n) is 2.72. The van der Waals surface area contributed by atoms with Crippen LogP contribution in [-0.4, -0.2) is 47.4 Å². The average Bonchev–Trinajstić information content (AvgIpc) is 2.32. The van der Waals surface area contributed by atoms with Crippen LogP contribution in [-0.2, 0) is 18.6 Å². The number of aliphatic hydroxyl groups is 1. The molecule has 0 saturated carbocycles. The van der Waals surface area contributed by atoms with Gasteiger partial charge in [0.2, 0.25) is 0 Å². The van der Waals surface area contributed by atoms with Crippen LogP contribution in [0.5, 0.6) is 0 Å². The van der Waals surface area contributed by atoms with Crippen LogP contribution in [0.25, 0.3) is 0 Å². The molecule has 8 nitrogen and oxygen atoms in total. The highest BCUT2D eigenvalue weighted by Gasteiger charge is 2.18. The molecule has 5 N–H and O–H groups in total. The number of nitrogens with two attached hydrogens (primary N) is 1. The third-order valence-corrected chi connectivity index (χ3v) is 1.73. The van der Waals surface area contributed by atoms with Crippen LogP contribution in [0, 0.1) is 0 Å². The molecule has 108 valence electrons. The van der Waals surface area contributed by atoms with Gasteiger partial charge in [0.05, 0.1) is 25.7 Å². The summed E-state index contributed by atoms with van der Waals surface area (Å²) in [5.41, 5.74) is 4.78.